The summed E-state index contributed by atoms with van der Waals surface area (Å²) in [5.74, 6) is -2.81. The molecule has 0 unspecified atom stereocenters. The molecule has 0 aliphatic heterocycles. The number of anilines is 1. The lowest BCUT2D eigenvalue weighted by Crippen LogP contribution is -2.54. The van der Waals surface area contributed by atoms with Gasteiger partial charge in [-0.1, -0.05) is 83.8 Å². The maximum absolute atomic E-state index is 13.4. The van der Waals surface area contributed by atoms with Crippen LogP contribution in [0.2, 0.25) is 0 Å². The highest BCUT2D eigenvalue weighted by molar-refractivity contribution is 5.98. The summed E-state index contributed by atoms with van der Waals surface area (Å²) in [7, 11) is 3.43. The van der Waals surface area contributed by atoms with Crippen molar-refractivity contribution in [3.63, 3.8) is 0 Å². The quantitative estimate of drug-likeness (QED) is 0.0984. The number of carboxylic acids is 1. The number of nitrogens with zero attached hydrogens (tertiary/aromatic N) is 2. The number of hydrogen-bond acceptors (Lipinski definition) is 8. The van der Waals surface area contributed by atoms with Crippen LogP contribution in [0.15, 0.2) is 24.3 Å². The number of carbonyl (C=O) groups is 7. The van der Waals surface area contributed by atoms with Crippen LogP contribution in [0, 0.1) is 11.8 Å². The summed E-state index contributed by atoms with van der Waals surface area (Å²) in [6.07, 6.45) is 12.4. The molecule has 7 amide bonds. The van der Waals surface area contributed by atoms with Crippen molar-refractivity contribution in [2.24, 2.45) is 17.6 Å². The Bertz CT molecular complexity index is 1430. The first-order valence-electron chi connectivity index (χ1n) is 20.5. The molecule has 1 aliphatic rings. The number of likely N-dealkylation sites (N-methyl/N-ethyl adjacent to an activating group) is 2. The number of urea groups is 1. The van der Waals surface area contributed by atoms with Gasteiger partial charge in [-0.3, -0.25) is 24.0 Å². The zero-order chi connectivity index (χ0) is 42.2. The van der Waals surface area contributed by atoms with Crippen LogP contribution in [-0.4, -0.2) is 102 Å². The van der Waals surface area contributed by atoms with Crippen molar-refractivity contribution in [3.8, 4) is 0 Å². The van der Waals surface area contributed by atoms with E-state index in [9.17, 15) is 33.6 Å². The van der Waals surface area contributed by atoms with Crippen LogP contribution in [0.4, 0.5) is 15.3 Å². The van der Waals surface area contributed by atoms with Crippen LogP contribution >= 0.6 is 0 Å². The van der Waals surface area contributed by atoms with Gasteiger partial charge in [0, 0.05) is 58.2 Å². The molecule has 1 fully saturated rings. The van der Waals surface area contributed by atoms with Crippen LogP contribution in [0.25, 0.3) is 0 Å². The number of amides is 7. The predicted molar refractivity (Wildman–Crippen MR) is 217 cm³/mol. The van der Waals surface area contributed by atoms with Gasteiger partial charge in [0.1, 0.15) is 18.7 Å². The minimum atomic E-state index is -1.04. The predicted octanol–water partition coefficient (Wildman–Crippen LogP) is 4.90. The first-order chi connectivity index (χ1) is 27.2. The summed E-state index contributed by atoms with van der Waals surface area (Å²) in [5, 5.41) is 19.4. The lowest BCUT2D eigenvalue weighted by Gasteiger charge is -2.26. The third-order valence-electron chi connectivity index (χ3n) is 10.2. The topological polar surface area (TPSA) is 230 Å². The maximum atomic E-state index is 13.4. The molecule has 0 aromatic heterocycles. The third kappa shape index (κ3) is 20.2. The highest BCUT2D eigenvalue weighted by Gasteiger charge is 2.29. The van der Waals surface area contributed by atoms with Crippen molar-refractivity contribution in [2.75, 3.05) is 39.0 Å². The van der Waals surface area contributed by atoms with Gasteiger partial charge in [0.15, 0.2) is 0 Å². The molecule has 2 atom stereocenters. The Morgan fingerprint density at radius 2 is 1.37 bits per heavy atom. The number of aliphatic carboxylic acids is 1. The second-order valence-electron chi connectivity index (χ2n) is 15.4. The van der Waals surface area contributed by atoms with E-state index in [1.54, 1.807) is 57.1 Å². The van der Waals surface area contributed by atoms with Crippen molar-refractivity contribution in [1.29, 1.82) is 0 Å². The molecule has 2 rings (SSSR count). The molecule has 57 heavy (non-hydrogen) atoms. The molecule has 0 radical (unpaired) electrons. The molecule has 16 heteroatoms. The molecule has 1 aromatic rings. The van der Waals surface area contributed by atoms with Crippen molar-refractivity contribution >= 4 is 47.4 Å². The van der Waals surface area contributed by atoms with Crippen molar-refractivity contribution in [3.05, 3.63) is 29.8 Å². The number of benzene rings is 1. The fourth-order valence-electron chi connectivity index (χ4n) is 6.62. The van der Waals surface area contributed by atoms with Crippen molar-refractivity contribution < 1.29 is 43.4 Å². The Labute approximate surface area is 337 Å². The third-order valence-corrected chi connectivity index (χ3v) is 10.2. The molecule has 1 saturated carbocycles. The first-order valence-corrected chi connectivity index (χ1v) is 20.5. The van der Waals surface area contributed by atoms with Gasteiger partial charge < -0.3 is 46.6 Å². The van der Waals surface area contributed by atoms with Crippen LogP contribution < -0.4 is 27.0 Å². The van der Waals surface area contributed by atoms with Gasteiger partial charge in [0.25, 0.3) is 0 Å². The van der Waals surface area contributed by atoms with Crippen molar-refractivity contribution in [2.45, 2.75) is 135 Å². The average Bonchev–Trinajstić information content (AvgIpc) is 3.16. The molecule has 0 spiro atoms. The minimum Gasteiger partial charge on any atom is -0.481 e. The second-order valence-corrected chi connectivity index (χ2v) is 15.4. The number of carboxylic acid groups (broad SMARTS) is 1. The molecular formula is C41H67N7O9. The Kier molecular flexibility index (Phi) is 22.7. The molecule has 1 aliphatic carbocycles. The summed E-state index contributed by atoms with van der Waals surface area (Å²) >= 11 is 0. The summed E-state index contributed by atoms with van der Waals surface area (Å²) in [6, 6.07) is 3.91. The summed E-state index contributed by atoms with van der Waals surface area (Å²) in [4.78, 5) is 90.4. The van der Waals surface area contributed by atoms with Gasteiger partial charge in [0.2, 0.25) is 23.6 Å². The normalized spacial score (nSPS) is 15.1. The van der Waals surface area contributed by atoms with E-state index >= 15 is 0 Å². The highest BCUT2D eigenvalue weighted by Crippen LogP contribution is 2.23. The molecular weight excluding hydrogens is 734 g/mol. The van der Waals surface area contributed by atoms with Crippen molar-refractivity contribution in [1.82, 2.24) is 25.8 Å². The van der Waals surface area contributed by atoms with E-state index in [1.807, 2.05) is 0 Å². The number of primary amides is 1. The van der Waals surface area contributed by atoms with Crippen LogP contribution in [0.1, 0.15) is 122 Å². The Morgan fingerprint density at radius 3 is 1.93 bits per heavy atom. The van der Waals surface area contributed by atoms with Gasteiger partial charge in [-0.25, -0.2) is 9.59 Å². The highest BCUT2D eigenvalue weighted by atomic mass is 16.6. The zero-order valence-electron chi connectivity index (χ0n) is 34.4. The number of ether oxygens (including phenoxy) is 1. The number of nitrogens with two attached hydrogens (primary N) is 1. The lowest BCUT2D eigenvalue weighted by atomic mass is 9.92. The summed E-state index contributed by atoms with van der Waals surface area (Å²) in [5.41, 5.74) is 6.24. The van der Waals surface area contributed by atoms with Gasteiger partial charge in [-0.15, -0.1) is 0 Å². The van der Waals surface area contributed by atoms with Crippen LogP contribution in [-0.2, 0) is 35.3 Å². The Hall–Kier alpha value is -4.89. The van der Waals surface area contributed by atoms with E-state index in [-0.39, 0.29) is 56.6 Å². The van der Waals surface area contributed by atoms with E-state index in [1.165, 1.54) is 49.8 Å². The second kappa shape index (κ2) is 26.9. The zero-order valence-corrected chi connectivity index (χ0v) is 34.4. The van der Waals surface area contributed by atoms with Gasteiger partial charge in [-0.2, -0.15) is 0 Å². The van der Waals surface area contributed by atoms with Crippen LogP contribution in [0.5, 0.6) is 0 Å². The van der Waals surface area contributed by atoms with Gasteiger partial charge in [0.05, 0.1) is 0 Å². The number of nitrogens with one attached hydrogen (secondary N) is 4. The fourth-order valence-corrected chi connectivity index (χ4v) is 6.62. The Balaban J connectivity index is 1.92. The number of rotatable bonds is 20. The standard InChI is InChI=1S/C41H67N7O9/c1-29(2)36(46-34(49)19-14-20-35(50)51)38(53)45-33(18-15-25-43-40(42)55)37(52)44-32-23-21-30(22-24-32)28-57-41(56)48(4)27-26-47(3)39(54)31-16-12-10-8-6-5-7-9-11-13-17-31/h21-24,29,31,33,36H,5-20,25-28H2,1-4H3,(H,44,52)(H,45,53)(H,46,49)(H,50,51)(H3,42,43,55)/t33-,36-/m0/s1. The fraction of sp³-hybridized carbons (Fsp3) is 0.683. The Morgan fingerprint density at radius 1 is 0.789 bits per heavy atom. The van der Waals surface area contributed by atoms with Gasteiger partial charge in [-0.05, 0) is 55.7 Å². The van der Waals surface area contributed by atoms with Gasteiger partial charge >= 0.3 is 18.1 Å². The smallest absolute Gasteiger partial charge is 0.409 e. The van der Waals surface area contributed by atoms with E-state index in [0.29, 0.717) is 30.8 Å². The molecule has 7 N–H and O–H groups in total. The average molecular weight is 802 g/mol. The van der Waals surface area contributed by atoms with E-state index in [4.69, 9.17) is 15.6 Å². The monoisotopic (exact) mass is 802 g/mol. The van der Waals surface area contributed by atoms with E-state index in [2.05, 4.69) is 21.3 Å². The summed E-state index contributed by atoms with van der Waals surface area (Å²) < 4.78 is 5.51. The molecule has 0 saturated heterocycles. The number of hydrogen-bond donors (Lipinski definition) is 6. The molecule has 0 heterocycles. The minimum absolute atomic E-state index is 0.0155. The molecule has 1 aromatic carbocycles. The first kappa shape index (κ1) is 48.3. The van der Waals surface area contributed by atoms with E-state index < -0.39 is 47.9 Å². The van der Waals surface area contributed by atoms with E-state index in [0.717, 1.165) is 25.7 Å². The maximum Gasteiger partial charge on any atom is 0.409 e. The molecule has 320 valence electrons. The largest absolute Gasteiger partial charge is 0.481 e. The molecule has 0 bridgehead atoms. The SMILES string of the molecule is CC(C)[C@H](NC(=O)CCCC(=O)O)C(=O)N[C@@H](CCCNC(N)=O)C(=O)Nc1ccc(COC(=O)N(C)CCN(C)C(=O)C2CCCCCCCCCCC2)cc1. The lowest BCUT2D eigenvalue weighted by molar-refractivity contribution is -0.137. The number of carbonyl (C=O) groups excluding carboxylic acids is 6. The molecule has 16 nitrogen and oxygen atoms in total. The summed E-state index contributed by atoms with van der Waals surface area (Å²) in [6.45, 7) is 4.34. The van der Waals surface area contributed by atoms with Crippen LogP contribution in [0.3, 0.4) is 0 Å².